The van der Waals surface area contributed by atoms with E-state index in [2.05, 4.69) is 15.2 Å². The van der Waals surface area contributed by atoms with Crippen LogP contribution < -0.4 is 5.32 Å². The van der Waals surface area contributed by atoms with Gasteiger partial charge in [0.25, 0.3) is 5.91 Å². The van der Waals surface area contributed by atoms with Gasteiger partial charge in [0.15, 0.2) is 0 Å². The third kappa shape index (κ3) is 4.63. The molecule has 1 aliphatic carbocycles. The molecule has 2 aromatic rings. The molecule has 9 heteroatoms. The van der Waals surface area contributed by atoms with Gasteiger partial charge >= 0.3 is 0 Å². The third-order valence-electron chi connectivity index (χ3n) is 6.92. The Kier molecular flexibility index (Phi) is 6.11. The lowest BCUT2D eigenvalue weighted by molar-refractivity contribution is 0.0898. The van der Waals surface area contributed by atoms with Crippen molar-refractivity contribution in [1.82, 2.24) is 19.5 Å². The summed E-state index contributed by atoms with van der Waals surface area (Å²) in [7, 11) is -1.54. The van der Waals surface area contributed by atoms with E-state index in [0.717, 1.165) is 50.8 Å². The van der Waals surface area contributed by atoms with Crippen LogP contribution in [-0.2, 0) is 10.0 Å². The Morgan fingerprint density at radius 3 is 2.77 bits per heavy atom. The third-order valence-corrected chi connectivity index (χ3v) is 8.27. The molecular weight excluding hydrogens is 419 g/mol. The van der Waals surface area contributed by atoms with Gasteiger partial charge in [-0.2, -0.15) is 0 Å². The number of carbonyl (C=O) groups is 1. The summed E-state index contributed by atoms with van der Waals surface area (Å²) in [5.41, 5.74) is 1.93. The summed E-state index contributed by atoms with van der Waals surface area (Å²) < 4.78 is 39.3. The highest BCUT2D eigenvalue weighted by Crippen LogP contribution is 2.28. The number of likely N-dealkylation sites (tertiary alicyclic amines) is 1. The van der Waals surface area contributed by atoms with E-state index < -0.39 is 10.0 Å². The number of sulfonamides is 1. The lowest BCUT2D eigenvalue weighted by Crippen LogP contribution is -2.46. The highest BCUT2D eigenvalue weighted by molar-refractivity contribution is 7.88. The van der Waals surface area contributed by atoms with Crippen LogP contribution in [0.25, 0.3) is 10.9 Å². The molecule has 1 saturated carbocycles. The maximum absolute atomic E-state index is 14.1. The van der Waals surface area contributed by atoms with E-state index in [-0.39, 0.29) is 23.8 Å². The number of amides is 1. The van der Waals surface area contributed by atoms with Crippen LogP contribution in [0.15, 0.2) is 18.2 Å². The fraction of sp³-hybridized carbons (Fsp3) is 0.591. The van der Waals surface area contributed by atoms with Crippen molar-refractivity contribution in [1.29, 1.82) is 0 Å². The first-order valence-electron chi connectivity index (χ1n) is 10.9. The lowest BCUT2D eigenvalue weighted by Gasteiger charge is -2.36. The number of H-pyrrole nitrogens is 1. The molecule has 7 nitrogen and oxygen atoms in total. The molecular formula is C22H31FN4O3S. The molecule has 3 unspecified atom stereocenters. The van der Waals surface area contributed by atoms with Gasteiger partial charge in [-0.3, -0.25) is 9.69 Å². The molecule has 1 amide bonds. The van der Waals surface area contributed by atoms with E-state index >= 15 is 0 Å². The molecule has 4 rings (SSSR count). The summed E-state index contributed by atoms with van der Waals surface area (Å²) in [5.74, 6) is -0.548. The number of nitrogens with zero attached hydrogens (tertiary/aromatic N) is 2. The molecule has 1 aromatic carbocycles. The number of fused-ring (bicyclic) bond motifs is 1. The van der Waals surface area contributed by atoms with Crippen molar-refractivity contribution in [3.63, 3.8) is 0 Å². The second kappa shape index (κ2) is 8.52. The van der Waals surface area contributed by atoms with Crippen molar-refractivity contribution in [2.24, 2.45) is 0 Å². The zero-order valence-electron chi connectivity index (χ0n) is 18.3. The number of halogens is 1. The first kappa shape index (κ1) is 22.2. The van der Waals surface area contributed by atoms with Gasteiger partial charge in [-0.25, -0.2) is 17.1 Å². The average Bonchev–Trinajstić information content (AvgIpc) is 3.38. The fourth-order valence-corrected chi connectivity index (χ4v) is 5.72. The van der Waals surface area contributed by atoms with E-state index in [4.69, 9.17) is 0 Å². The second-order valence-corrected chi connectivity index (χ2v) is 11.1. The Balaban J connectivity index is 1.39. The number of hydrogen-bond donors (Lipinski definition) is 2. The lowest BCUT2D eigenvalue weighted by atomic mass is 9.90. The molecule has 3 atom stereocenters. The number of rotatable bonds is 5. The van der Waals surface area contributed by atoms with Gasteiger partial charge in [0, 0.05) is 43.6 Å². The number of benzene rings is 1. The summed E-state index contributed by atoms with van der Waals surface area (Å²) in [6, 6.07) is 5.10. The van der Waals surface area contributed by atoms with Crippen molar-refractivity contribution in [3.8, 4) is 0 Å². The first-order valence-corrected chi connectivity index (χ1v) is 12.7. The molecule has 2 fully saturated rings. The quantitative estimate of drug-likeness (QED) is 0.733. The normalized spacial score (nSPS) is 25.4. The Bertz CT molecular complexity index is 1040. The average molecular weight is 451 g/mol. The van der Waals surface area contributed by atoms with Crippen molar-refractivity contribution in [3.05, 3.63) is 35.3 Å². The monoisotopic (exact) mass is 450 g/mol. The smallest absolute Gasteiger partial charge is 0.267 e. The molecule has 2 N–H and O–H groups in total. The first-order chi connectivity index (χ1) is 14.6. The summed E-state index contributed by atoms with van der Waals surface area (Å²) in [5, 5.41) is 3.56. The molecule has 31 heavy (non-hydrogen) atoms. The van der Waals surface area contributed by atoms with E-state index in [1.165, 1.54) is 16.6 Å². The van der Waals surface area contributed by atoms with Crippen LogP contribution in [0.3, 0.4) is 0 Å². The number of hydrogen-bond acceptors (Lipinski definition) is 4. The summed E-state index contributed by atoms with van der Waals surface area (Å²) >= 11 is 0. The topological polar surface area (TPSA) is 85.5 Å². The van der Waals surface area contributed by atoms with Crippen molar-refractivity contribution >= 4 is 26.8 Å². The van der Waals surface area contributed by atoms with E-state index in [1.54, 1.807) is 19.2 Å². The highest BCUT2D eigenvalue weighted by Gasteiger charge is 2.35. The van der Waals surface area contributed by atoms with E-state index in [1.807, 2.05) is 6.92 Å². The molecule has 2 aliphatic rings. The zero-order valence-corrected chi connectivity index (χ0v) is 19.1. The SMILES string of the molecule is Cc1ccc(F)c2cc(C(=O)NC3CCCC(N4CCC(N(C)S(C)(=O)=O)C4)C3)[nH]c12. The standard InChI is InChI=1S/C22H31FN4O3S/c1-14-7-8-19(23)18-12-20(25-21(14)18)22(28)24-15-5-4-6-16(11-15)27-10-9-17(13-27)26(2)31(3,29)30/h7-8,12,15-17,25H,4-6,9-11,13H2,1-3H3,(H,24,28). The van der Waals surface area contributed by atoms with E-state index in [0.29, 0.717) is 22.6 Å². The number of nitrogens with one attached hydrogen (secondary N) is 2. The maximum atomic E-state index is 14.1. The van der Waals surface area contributed by atoms with Crippen LogP contribution in [0.2, 0.25) is 0 Å². The van der Waals surface area contributed by atoms with Gasteiger partial charge in [-0.05, 0) is 56.7 Å². The summed E-state index contributed by atoms with van der Waals surface area (Å²) in [6.45, 7) is 3.49. The largest absolute Gasteiger partial charge is 0.350 e. The molecule has 0 bridgehead atoms. The molecule has 1 aromatic heterocycles. The molecule has 170 valence electrons. The summed E-state index contributed by atoms with van der Waals surface area (Å²) in [6.07, 6.45) is 5.90. The molecule has 1 aliphatic heterocycles. The number of aryl methyl sites for hydroxylation is 1. The van der Waals surface area contributed by atoms with Crippen LogP contribution in [0.5, 0.6) is 0 Å². The predicted octanol–water partition coefficient (Wildman–Crippen LogP) is 2.62. The van der Waals surface area contributed by atoms with Gasteiger partial charge in [0.05, 0.1) is 11.8 Å². The minimum absolute atomic E-state index is 0.00875. The Morgan fingerprint density at radius 2 is 2.06 bits per heavy atom. The van der Waals surface area contributed by atoms with Crippen LogP contribution in [0.1, 0.15) is 48.2 Å². The molecule has 1 saturated heterocycles. The van der Waals surface area contributed by atoms with Gasteiger partial charge in [-0.1, -0.05) is 6.07 Å². The maximum Gasteiger partial charge on any atom is 0.267 e. The Hall–Kier alpha value is -1.97. The number of aromatic nitrogens is 1. The molecule has 0 spiro atoms. The fourth-order valence-electron chi connectivity index (χ4n) is 5.00. The van der Waals surface area contributed by atoms with Crippen molar-refractivity contribution < 1.29 is 17.6 Å². The van der Waals surface area contributed by atoms with Gasteiger partial charge < -0.3 is 10.3 Å². The van der Waals surface area contributed by atoms with Gasteiger partial charge in [0.2, 0.25) is 10.0 Å². The highest BCUT2D eigenvalue weighted by atomic mass is 32.2. The Morgan fingerprint density at radius 1 is 1.29 bits per heavy atom. The number of aromatic amines is 1. The zero-order chi connectivity index (χ0) is 22.3. The van der Waals surface area contributed by atoms with Crippen LogP contribution >= 0.6 is 0 Å². The van der Waals surface area contributed by atoms with E-state index in [9.17, 15) is 17.6 Å². The number of carbonyl (C=O) groups excluding carboxylic acids is 1. The van der Waals surface area contributed by atoms with Crippen molar-refractivity contribution in [2.45, 2.75) is 57.2 Å². The Labute approximate surface area is 183 Å². The van der Waals surface area contributed by atoms with Crippen LogP contribution in [0.4, 0.5) is 4.39 Å². The number of likely N-dealkylation sites (N-methyl/N-ethyl adjacent to an activating group) is 1. The minimum atomic E-state index is -3.20. The van der Waals surface area contributed by atoms with Crippen LogP contribution in [-0.4, -0.2) is 73.0 Å². The van der Waals surface area contributed by atoms with Crippen LogP contribution in [0, 0.1) is 12.7 Å². The minimum Gasteiger partial charge on any atom is -0.350 e. The predicted molar refractivity (Wildman–Crippen MR) is 119 cm³/mol. The second-order valence-electron chi connectivity index (χ2n) is 9.04. The molecule has 0 radical (unpaired) electrons. The summed E-state index contributed by atoms with van der Waals surface area (Å²) in [4.78, 5) is 18.3. The van der Waals surface area contributed by atoms with Gasteiger partial charge in [-0.15, -0.1) is 0 Å². The van der Waals surface area contributed by atoms with Gasteiger partial charge in [0.1, 0.15) is 11.5 Å². The van der Waals surface area contributed by atoms with Crippen molar-refractivity contribution in [2.75, 3.05) is 26.4 Å². The molecule has 2 heterocycles.